The van der Waals surface area contributed by atoms with Crippen molar-refractivity contribution in [2.75, 3.05) is 5.32 Å². The number of aromatic nitrogens is 3. The molecule has 1 amide bonds. The standard InChI is InChI=1S/C18H16N4O4/c1-10-14(11(2)26-22-10)9-25-12-5-6-15-13(8-12)17(21-20-15)19-18(23)16-4-3-7-24-16/h3-8H,9H2,1-2H3,(H2,19,20,21,23). The van der Waals surface area contributed by atoms with E-state index in [1.165, 1.54) is 6.26 Å². The maximum atomic E-state index is 12.2. The third-order valence-electron chi connectivity index (χ3n) is 4.08. The normalized spacial score (nSPS) is 11.0. The van der Waals surface area contributed by atoms with Crippen molar-refractivity contribution in [3.05, 3.63) is 59.4 Å². The predicted octanol–water partition coefficient (Wildman–Crippen LogP) is 3.59. The molecular formula is C18H16N4O4. The first-order valence-corrected chi connectivity index (χ1v) is 7.99. The fraction of sp³-hybridized carbons (Fsp3) is 0.167. The van der Waals surface area contributed by atoms with Crippen LogP contribution in [0.2, 0.25) is 0 Å². The van der Waals surface area contributed by atoms with E-state index in [2.05, 4.69) is 20.7 Å². The number of ether oxygens (including phenoxy) is 1. The number of carbonyl (C=O) groups is 1. The summed E-state index contributed by atoms with van der Waals surface area (Å²) in [5.74, 6) is 1.63. The van der Waals surface area contributed by atoms with E-state index in [1.54, 1.807) is 12.1 Å². The Hall–Kier alpha value is -3.55. The van der Waals surface area contributed by atoms with Gasteiger partial charge in [-0.25, -0.2) is 0 Å². The Bertz CT molecular complexity index is 1040. The molecule has 0 spiro atoms. The fourth-order valence-corrected chi connectivity index (χ4v) is 2.62. The topological polar surface area (TPSA) is 106 Å². The zero-order valence-corrected chi connectivity index (χ0v) is 14.2. The molecule has 0 aliphatic heterocycles. The van der Waals surface area contributed by atoms with Crippen molar-refractivity contribution in [1.29, 1.82) is 0 Å². The first kappa shape index (κ1) is 15.9. The van der Waals surface area contributed by atoms with E-state index in [9.17, 15) is 4.79 Å². The van der Waals surface area contributed by atoms with Crippen molar-refractivity contribution in [3.63, 3.8) is 0 Å². The highest BCUT2D eigenvalue weighted by atomic mass is 16.5. The number of furan rings is 1. The Labute approximate surface area is 148 Å². The Balaban J connectivity index is 1.55. The van der Waals surface area contributed by atoms with Crippen LogP contribution in [-0.4, -0.2) is 21.3 Å². The number of fused-ring (bicyclic) bond motifs is 1. The van der Waals surface area contributed by atoms with E-state index in [0.717, 1.165) is 27.9 Å². The number of carbonyl (C=O) groups excluding carboxylic acids is 1. The number of aryl methyl sites for hydroxylation is 2. The van der Waals surface area contributed by atoms with Gasteiger partial charge in [0, 0.05) is 5.39 Å². The molecular weight excluding hydrogens is 336 g/mol. The molecule has 0 aliphatic carbocycles. The summed E-state index contributed by atoms with van der Waals surface area (Å²) in [6.07, 6.45) is 1.44. The van der Waals surface area contributed by atoms with Gasteiger partial charge in [-0.15, -0.1) is 0 Å². The number of nitrogens with zero attached hydrogens (tertiary/aromatic N) is 2. The Morgan fingerprint density at radius 2 is 2.19 bits per heavy atom. The van der Waals surface area contributed by atoms with Crippen molar-refractivity contribution in [2.45, 2.75) is 20.5 Å². The van der Waals surface area contributed by atoms with Crippen molar-refractivity contribution >= 4 is 22.6 Å². The summed E-state index contributed by atoms with van der Waals surface area (Å²) in [6, 6.07) is 8.72. The Morgan fingerprint density at radius 1 is 1.31 bits per heavy atom. The fourth-order valence-electron chi connectivity index (χ4n) is 2.62. The Morgan fingerprint density at radius 3 is 2.92 bits per heavy atom. The minimum Gasteiger partial charge on any atom is -0.489 e. The van der Waals surface area contributed by atoms with E-state index >= 15 is 0 Å². The van der Waals surface area contributed by atoms with Gasteiger partial charge >= 0.3 is 0 Å². The molecule has 0 aliphatic rings. The lowest BCUT2D eigenvalue weighted by Crippen LogP contribution is -2.11. The molecule has 0 unspecified atom stereocenters. The predicted molar refractivity (Wildman–Crippen MR) is 93.1 cm³/mol. The van der Waals surface area contributed by atoms with Crippen molar-refractivity contribution in [1.82, 2.24) is 15.4 Å². The monoisotopic (exact) mass is 352 g/mol. The van der Waals surface area contributed by atoms with E-state index in [4.69, 9.17) is 13.7 Å². The van der Waals surface area contributed by atoms with Crippen LogP contribution in [0, 0.1) is 13.8 Å². The molecule has 0 radical (unpaired) electrons. The van der Waals surface area contributed by atoms with Gasteiger partial charge in [0.15, 0.2) is 11.6 Å². The van der Waals surface area contributed by atoms with Gasteiger partial charge in [-0.2, -0.15) is 5.10 Å². The molecule has 0 saturated heterocycles. The molecule has 0 saturated carbocycles. The lowest BCUT2D eigenvalue weighted by atomic mass is 10.2. The minimum atomic E-state index is -0.370. The first-order valence-electron chi connectivity index (χ1n) is 7.99. The molecule has 0 atom stereocenters. The number of hydrogen-bond donors (Lipinski definition) is 2. The van der Waals surface area contributed by atoms with Gasteiger partial charge in [-0.1, -0.05) is 5.16 Å². The third-order valence-corrected chi connectivity index (χ3v) is 4.08. The number of amides is 1. The van der Waals surface area contributed by atoms with Gasteiger partial charge in [0.25, 0.3) is 5.91 Å². The third kappa shape index (κ3) is 2.92. The van der Waals surface area contributed by atoms with E-state index in [1.807, 2.05) is 32.0 Å². The number of benzene rings is 1. The van der Waals surface area contributed by atoms with Crippen LogP contribution in [0.5, 0.6) is 5.75 Å². The number of rotatable bonds is 5. The average Bonchev–Trinajstić information content (AvgIpc) is 3.36. The van der Waals surface area contributed by atoms with E-state index in [0.29, 0.717) is 18.2 Å². The highest BCUT2D eigenvalue weighted by molar-refractivity contribution is 6.06. The number of aromatic amines is 1. The van der Waals surface area contributed by atoms with Crippen LogP contribution in [0.25, 0.3) is 10.9 Å². The van der Waals surface area contributed by atoms with Crippen LogP contribution in [0.1, 0.15) is 27.6 Å². The molecule has 132 valence electrons. The summed E-state index contributed by atoms with van der Waals surface area (Å²) in [5.41, 5.74) is 2.51. The van der Waals surface area contributed by atoms with Gasteiger partial charge in [0.05, 0.1) is 23.0 Å². The highest BCUT2D eigenvalue weighted by Crippen LogP contribution is 2.27. The van der Waals surface area contributed by atoms with Crippen LogP contribution in [-0.2, 0) is 6.61 Å². The molecule has 4 rings (SSSR count). The van der Waals surface area contributed by atoms with Crippen LogP contribution in [0.4, 0.5) is 5.82 Å². The molecule has 3 aromatic heterocycles. The highest BCUT2D eigenvalue weighted by Gasteiger charge is 2.14. The second kappa shape index (κ2) is 6.40. The maximum Gasteiger partial charge on any atom is 0.292 e. The van der Waals surface area contributed by atoms with Gasteiger partial charge in [-0.05, 0) is 44.2 Å². The quantitative estimate of drug-likeness (QED) is 0.568. The lowest BCUT2D eigenvalue weighted by molar-refractivity contribution is 0.0996. The first-order chi connectivity index (χ1) is 12.6. The molecule has 3 heterocycles. The SMILES string of the molecule is Cc1noc(C)c1COc1ccc2[nH]nc(NC(=O)c3ccco3)c2c1. The molecule has 0 fully saturated rings. The summed E-state index contributed by atoms with van der Waals surface area (Å²) in [5, 5.41) is 14.4. The second-order valence-electron chi connectivity index (χ2n) is 5.80. The zero-order valence-electron chi connectivity index (χ0n) is 14.2. The number of nitrogens with one attached hydrogen (secondary N) is 2. The second-order valence-corrected chi connectivity index (χ2v) is 5.80. The maximum absolute atomic E-state index is 12.2. The van der Waals surface area contributed by atoms with Crippen LogP contribution < -0.4 is 10.1 Å². The molecule has 0 bridgehead atoms. The van der Waals surface area contributed by atoms with Crippen molar-refractivity contribution in [2.24, 2.45) is 0 Å². The summed E-state index contributed by atoms with van der Waals surface area (Å²) >= 11 is 0. The number of hydrogen-bond acceptors (Lipinski definition) is 6. The summed E-state index contributed by atoms with van der Waals surface area (Å²) in [7, 11) is 0. The smallest absolute Gasteiger partial charge is 0.292 e. The number of anilines is 1. The van der Waals surface area contributed by atoms with Crippen LogP contribution >= 0.6 is 0 Å². The molecule has 1 aromatic carbocycles. The van der Waals surface area contributed by atoms with Crippen molar-refractivity contribution < 1.29 is 18.5 Å². The van der Waals surface area contributed by atoms with E-state index in [-0.39, 0.29) is 11.7 Å². The molecule has 26 heavy (non-hydrogen) atoms. The van der Waals surface area contributed by atoms with Crippen LogP contribution in [0.3, 0.4) is 0 Å². The van der Waals surface area contributed by atoms with Gasteiger partial charge in [-0.3, -0.25) is 9.89 Å². The summed E-state index contributed by atoms with van der Waals surface area (Å²) in [6.45, 7) is 4.07. The molecule has 8 nitrogen and oxygen atoms in total. The molecule has 2 N–H and O–H groups in total. The lowest BCUT2D eigenvalue weighted by Gasteiger charge is -2.06. The molecule has 4 aromatic rings. The van der Waals surface area contributed by atoms with E-state index < -0.39 is 0 Å². The number of H-pyrrole nitrogens is 1. The largest absolute Gasteiger partial charge is 0.489 e. The molecule has 8 heteroatoms. The van der Waals surface area contributed by atoms with Gasteiger partial charge in [0.2, 0.25) is 0 Å². The van der Waals surface area contributed by atoms with Gasteiger partial charge in [0.1, 0.15) is 18.1 Å². The summed E-state index contributed by atoms with van der Waals surface area (Å²) in [4.78, 5) is 12.2. The van der Waals surface area contributed by atoms with Gasteiger partial charge < -0.3 is 19.0 Å². The zero-order chi connectivity index (χ0) is 18.1. The minimum absolute atomic E-state index is 0.215. The van der Waals surface area contributed by atoms with Crippen LogP contribution in [0.15, 0.2) is 45.5 Å². The summed E-state index contributed by atoms with van der Waals surface area (Å²) < 4.78 is 16.1. The average molecular weight is 352 g/mol. The van der Waals surface area contributed by atoms with Crippen molar-refractivity contribution in [3.8, 4) is 5.75 Å². The Kier molecular flexibility index (Phi) is 3.92.